The van der Waals surface area contributed by atoms with Gasteiger partial charge in [0.05, 0.1) is 20.9 Å². The maximum absolute atomic E-state index is 13.1. The van der Waals surface area contributed by atoms with Crippen molar-refractivity contribution in [3.63, 3.8) is 0 Å². The van der Waals surface area contributed by atoms with Crippen molar-refractivity contribution in [2.75, 3.05) is 6.54 Å². The smallest absolute Gasteiger partial charge is 0.206 e. The molecule has 0 saturated carbocycles. The molecule has 1 aromatic heterocycles. The number of fused-ring (bicyclic) bond motifs is 3. The molecular formula is C19H18ClNO4S. The number of benzene rings is 2. The monoisotopic (exact) mass is 391 g/mol. The number of rotatable bonds is 3. The second kappa shape index (κ2) is 6.39. The maximum Gasteiger partial charge on any atom is 0.206 e. The van der Waals surface area contributed by atoms with Gasteiger partial charge in [-0.2, -0.15) is 0 Å². The lowest BCUT2D eigenvalue weighted by molar-refractivity contribution is 0.199. The molecule has 0 aliphatic carbocycles. The van der Waals surface area contributed by atoms with E-state index >= 15 is 0 Å². The van der Waals surface area contributed by atoms with E-state index < -0.39 is 15.9 Å². The van der Waals surface area contributed by atoms with Crippen LogP contribution in [0.1, 0.15) is 29.9 Å². The van der Waals surface area contributed by atoms with Gasteiger partial charge in [-0.15, -0.1) is 0 Å². The molecule has 1 atom stereocenters. The van der Waals surface area contributed by atoms with Crippen molar-refractivity contribution >= 4 is 32.4 Å². The van der Waals surface area contributed by atoms with Crippen LogP contribution in [0, 0.1) is 0 Å². The van der Waals surface area contributed by atoms with Crippen LogP contribution >= 0.6 is 11.6 Å². The van der Waals surface area contributed by atoms with Crippen LogP contribution in [0.2, 0.25) is 5.02 Å². The van der Waals surface area contributed by atoms with E-state index in [9.17, 15) is 13.5 Å². The first-order valence-corrected chi connectivity index (χ1v) is 10.2. The van der Waals surface area contributed by atoms with E-state index in [0.717, 1.165) is 29.7 Å². The Morgan fingerprint density at radius 1 is 1.23 bits per heavy atom. The third kappa shape index (κ3) is 2.83. The first-order chi connectivity index (χ1) is 12.4. The summed E-state index contributed by atoms with van der Waals surface area (Å²) in [6.45, 7) is 3.04. The third-order valence-corrected chi connectivity index (χ3v) is 6.71. The SMILES string of the molecule is C[C@H](O)c1cccc(S(=O)(=O)c2cc(Cl)c3oc4c(c3c2)CNCC4)c1. The third-order valence-electron chi connectivity index (χ3n) is 4.70. The Hall–Kier alpha value is -1.86. The summed E-state index contributed by atoms with van der Waals surface area (Å²) in [6.07, 6.45) is 0.00182. The topological polar surface area (TPSA) is 79.5 Å². The van der Waals surface area contributed by atoms with Crippen molar-refractivity contribution in [1.82, 2.24) is 5.32 Å². The number of nitrogens with one attached hydrogen (secondary N) is 1. The van der Waals surface area contributed by atoms with Gasteiger partial charge in [0.25, 0.3) is 0 Å². The molecular weight excluding hydrogens is 374 g/mol. The predicted octanol–water partition coefficient (Wildman–Crippen LogP) is 3.62. The van der Waals surface area contributed by atoms with Crippen molar-refractivity contribution in [1.29, 1.82) is 0 Å². The minimum absolute atomic E-state index is 0.118. The van der Waals surface area contributed by atoms with Crippen molar-refractivity contribution in [2.24, 2.45) is 0 Å². The summed E-state index contributed by atoms with van der Waals surface area (Å²) in [5, 5.41) is 14.0. The van der Waals surface area contributed by atoms with Gasteiger partial charge in [0.1, 0.15) is 5.76 Å². The first-order valence-electron chi connectivity index (χ1n) is 8.35. The number of aliphatic hydroxyl groups excluding tert-OH is 1. The zero-order valence-electron chi connectivity index (χ0n) is 14.1. The van der Waals surface area contributed by atoms with Crippen LogP contribution in [0.15, 0.2) is 50.6 Å². The highest BCUT2D eigenvalue weighted by Gasteiger charge is 2.25. The molecule has 0 spiro atoms. The second-order valence-corrected chi connectivity index (χ2v) is 8.82. The van der Waals surface area contributed by atoms with Crippen molar-refractivity contribution in [2.45, 2.75) is 35.8 Å². The summed E-state index contributed by atoms with van der Waals surface area (Å²) >= 11 is 6.34. The lowest BCUT2D eigenvalue weighted by Gasteiger charge is -2.11. The Bertz CT molecular complexity index is 1100. The highest BCUT2D eigenvalue weighted by Crippen LogP contribution is 2.36. The summed E-state index contributed by atoms with van der Waals surface area (Å²) < 4.78 is 32.1. The van der Waals surface area contributed by atoms with Gasteiger partial charge in [0.15, 0.2) is 5.58 Å². The number of furan rings is 1. The number of aliphatic hydroxyl groups is 1. The zero-order chi connectivity index (χ0) is 18.5. The van der Waals surface area contributed by atoms with E-state index in [-0.39, 0.29) is 14.8 Å². The summed E-state index contributed by atoms with van der Waals surface area (Å²) in [6, 6.07) is 9.38. The molecule has 0 radical (unpaired) electrons. The van der Waals surface area contributed by atoms with Crippen molar-refractivity contribution in [3.8, 4) is 0 Å². The van der Waals surface area contributed by atoms with Crippen molar-refractivity contribution in [3.05, 3.63) is 58.3 Å². The van der Waals surface area contributed by atoms with E-state index in [4.69, 9.17) is 16.0 Å². The minimum Gasteiger partial charge on any atom is -0.459 e. The van der Waals surface area contributed by atoms with Gasteiger partial charge in [-0.3, -0.25) is 0 Å². The number of hydrogen-bond donors (Lipinski definition) is 2. The highest BCUT2D eigenvalue weighted by atomic mass is 35.5. The molecule has 2 aromatic carbocycles. The van der Waals surface area contributed by atoms with E-state index in [2.05, 4.69) is 5.32 Å². The second-order valence-electron chi connectivity index (χ2n) is 6.46. The molecule has 2 N–H and O–H groups in total. The van der Waals surface area contributed by atoms with Crippen LogP contribution in [0.25, 0.3) is 11.0 Å². The van der Waals surface area contributed by atoms with Gasteiger partial charge in [-0.1, -0.05) is 23.7 Å². The number of halogens is 1. The molecule has 2 heterocycles. The van der Waals surface area contributed by atoms with Gasteiger partial charge in [-0.25, -0.2) is 8.42 Å². The normalized spacial score (nSPS) is 15.8. The molecule has 5 nitrogen and oxygen atoms in total. The average Bonchev–Trinajstić information content (AvgIpc) is 3.01. The molecule has 1 aliphatic rings. The van der Waals surface area contributed by atoms with Crippen LogP contribution in [0.5, 0.6) is 0 Å². The Morgan fingerprint density at radius 2 is 2.04 bits per heavy atom. The van der Waals surface area contributed by atoms with Crippen molar-refractivity contribution < 1.29 is 17.9 Å². The largest absolute Gasteiger partial charge is 0.459 e. The Labute approximate surface area is 156 Å². The van der Waals surface area contributed by atoms with E-state index in [1.54, 1.807) is 25.1 Å². The van der Waals surface area contributed by atoms with Crippen LogP contribution in [-0.4, -0.2) is 20.1 Å². The molecule has 0 saturated heterocycles. The molecule has 4 rings (SSSR count). The fourth-order valence-corrected chi connectivity index (χ4v) is 4.97. The maximum atomic E-state index is 13.1. The predicted molar refractivity (Wildman–Crippen MR) is 99.2 cm³/mol. The Balaban J connectivity index is 1.89. The van der Waals surface area contributed by atoms with E-state index in [1.165, 1.54) is 18.2 Å². The summed E-state index contributed by atoms with van der Waals surface area (Å²) in [4.78, 5) is 0.244. The van der Waals surface area contributed by atoms with Gasteiger partial charge in [0, 0.05) is 30.5 Å². The lowest BCUT2D eigenvalue weighted by Crippen LogP contribution is -2.22. The fraction of sp³-hybridized carbons (Fsp3) is 0.263. The molecule has 7 heteroatoms. The lowest BCUT2D eigenvalue weighted by atomic mass is 10.1. The van der Waals surface area contributed by atoms with Crippen LogP contribution in [0.3, 0.4) is 0 Å². The van der Waals surface area contributed by atoms with Gasteiger partial charge in [0.2, 0.25) is 9.84 Å². The zero-order valence-corrected chi connectivity index (χ0v) is 15.7. The molecule has 1 aliphatic heterocycles. The van der Waals surface area contributed by atoms with Crippen LogP contribution < -0.4 is 5.32 Å². The van der Waals surface area contributed by atoms with Crippen LogP contribution in [0.4, 0.5) is 0 Å². The van der Waals surface area contributed by atoms with Gasteiger partial charge >= 0.3 is 0 Å². The fourth-order valence-electron chi connectivity index (χ4n) is 3.28. The summed E-state index contributed by atoms with van der Waals surface area (Å²) in [7, 11) is -3.77. The van der Waals surface area contributed by atoms with E-state index in [1.807, 2.05) is 0 Å². The first kappa shape index (κ1) is 17.5. The van der Waals surface area contributed by atoms with Gasteiger partial charge < -0.3 is 14.8 Å². The number of sulfone groups is 1. The van der Waals surface area contributed by atoms with Gasteiger partial charge in [-0.05, 0) is 36.8 Å². The molecule has 0 unspecified atom stereocenters. The highest BCUT2D eigenvalue weighted by molar-refractivity contribution is 7.91. The Morgan fingerprint density at radius 3 is 2.81 bits per heavy atom. The quantitative estimate of drug-likeness (QED) is 0.712. The molecule has 26 heavy (non-hydrogen) atoms. The molecule has 3 aromatic rings. The molecule has 0 amide bonds. The molecule has 136 valence electrons. The molecule has 0 bridgehead atoms. The standard InChI is InChI=1S/C19H18ClNO4S/c1-11(22)12-3-2-4-13(7-12)26(23,24)14-8-15-16-10-21-6-5-18(16)25-19(15)17(20)9-14/h2-4,7-9,11,21-22H,5-6,10H2,1H3/t11-/m0/s1. The van der Waals surface area contributed by atoms with E-state index in [0.29, 0.717) is 17.7 Å². The number of hydrogen-bond acceptors (Lipinski definition) is 5. The Kier molecular flexibility index (Phi) is 4.31. The molecule has 0 fully saturated rings. The average molecular weight is 392 g/mol. The summed E-state index contributed by atoms with van der Waals surface area (Å²) in [5.41, 5.74) is 2.03. The minimum atomic E-state index is -3.77. The summed E-state index contributed by atoms with van der Waals surface area (Å²) in [5.74, 6) is 0.853. The van der Waals surface area contributed by atoms with Crippen LogP contribution in [-0.2, 0) is 22.8 Å².